The summed E-state index contributed by atoms with van der Waals surface area (Å²) in [6.07, 6.45) is 3.46. The third-order valence-electron chi connectivity index (χ3n) is 4.26. The van der Waals surface area contributed by atoms with E-state index in [1.807, 2.05) is 6.92 Å². The minimum atomic E-state index is -0.366. The highest BCUT2D eigenvalue weighted by Crippen LogP contribution is 2.41. The molecule has 17 heavy (non-hydrogen) atoms. The number of benzene rings is 1. The number of rotatable bonds is 1. The first kappa shape index (κ1) is 12.6. The van der Waals surface area contributed by atoms with E-state index < -0.39 is 0 Å². The molecule has 1 aliphatic carbocycles. The van der Waals surface area contributed by atoms with E-state index in [9.17, 15) is 5.11 Å². The van der Waals surface area contributed by atoms with Crippen molar-refractivity contribution in [2.75, 3.05) is 0 Å². The molecule has 1 aromatic carbocycles. The van der Waals surface area contributed by atoms with Gasteiger partial charge in [0.1, 0.15) is 0 Å². The average molecular weight is 232 g/mol. The summed E-state index contributed by atoms with van der Waals surface area (Å²) in [5.74, 6) is 0.648. The monoisotopic (exact) mass is 232 g/mol. The molecule has 2 rings (SSSR count). The Bertz CT molecular complexity index is 404. The Morgan fingerprint density at radius 2 is 2.06 bits per heavy atom. The lowest BCUT2D eigenvalue weighted by Crippen LogP contribution is -2.18. The Morgan fingerprint density at radius 1 is 1.35 bits per heavy atom. The first-order valence-corrected chi connectivity index (χ1v) is 6.74. The summed E-state index contributed by atoms with van der Waals surface area (Å²) in [5.41, 5.74) is 4.22. The third-order valence-corrected chi connectivity index (χ3v) is 4.26. The van der Waals surface area contributed by atoms with E-state index in [2.05, 4.69) is 39.0 Å². The number of hydrogen-bond acceptors (Lipinski definition) is 1. The Labute approximate surface area is 105 Å². The molecule has 1 aromatic rings. The molecule has 2 unspecified atom stereocenters. The van der Waals surface area contributed by atoms with Crippen LogP contribution in [0.2, 0.25) is 0 Å². The van der Waals surface area contributed by atoms with E-state index in [0.717, 1.165) is 5.56 Å². The highest BCUT2D eigenvalue weighted by Gasteiger charge is 2.28. The predicted molar refractivity (Wildman–Crippen MR) is 72.4 cm³/mol. The van der Waals surface area contributed by atoms with Gasteiger partial charge < -0.3 is 5.11 Å². The van der Waals surface area contributed by atoms with Crippen molar-refractivity contribution in [2.24, 2.45) is 0 Å². The van der Waals surface area contributed by atoms with Crippen LogP contribution in [-0.4, -0.2) is 5.11 Å². The van der Waals surface area contributed by atoms with Gasteiger partial charge in [-0.25, -0.2) is 0 Å². The van der Waals surface area contributed by atoms with Crippen LogP contribution in [0.1, 0.15) is 75.7 Å². The molecule has 0 fully saturated rings. The van der Waals surface area contributed by atoms with Gasteiger partial charge in [0.05, 0.1) is 6.10 Å². The largest absolute Gasteiger partial charge is 0.389 e. The van der Waals surface area contributed by atoms with Gasteiger partial charge in [-0.3, -0.25) is 0 Å². The predicted octanol–water partition coefficient (Wildman–Crippen LogP) is 4.30. The van der Waals surface area contributed by atoms with Crippen molar-refractivity contribution in [1.29, 1.82) is 0 Å². The SMILES string of the molecule is CC(O)c1ccc2c(c1)C(C)(C)CCCC2C. The summed E-state index contributed by atoms with van der Waals surface area (Å²) < 4.78 is 0. The van der Waals surface area contributed by atoms with Crippen LogP contribution >= 0.6 is 0 Å². The van der Waals surface area contributed by atoms with E-state index in [1.54, 1.807) is 0 Å². The smallest absolute Gasteiger partial charge is 0.0762 e. The molecular weight excluding hydrogens is 208 g/mol. The number of aliphatic hydroxyl groups excluding tert-OH is 1. The molecule has 0 saturated heterocycles. The van der Waals surface area contributed by atoms with Gasteiger partial charge in [0.15, 0.2) is 0 Å². The van der Waals surface area contributed by atoms with Crippen molar-refractivity contribution in [3.8, 4) is 0 Å². The van der Waals surface area contributed by atoms with Gasteiger partial charge in [-0.1, -0.05) is 45.4 Å². The molecule has 1 heteroatoms. The molecule has 0 radical (unpaired) electrons. The molecule has 2 atom stereocenters. The number of hydrogen-bond donors (Lipinski definition) is 1. The molecule has 0 spiro atoms. The fraction of sp³-hybridized carbons (Fsp3) is 0.625. The van der Waals surface area contributed by atoms with Crippen LogP contribution in [-0.2, 0) is 5.41 Å². The van der Waals surface area contributed by atoms with Gasteiger partial charge in [0, 0.05) is 0 Å². The zero-order chi connectivity index (χ0) is 12.6. The Hall–Kier alpha value is -0.820. The van der Waals surface area contributed by atoms with Crippen LogP contribution in [0.5, 0.6) is 0 Å². The standard InChI is InChI=1S/C16H24O/c1-11-6-5-9-16(3,4)15-10-13(12(2)17)7-8-14(11)15/h7-8,10-12,17H,5-6,9H2,1-4H3. The van der Waals surface area contributed by atoms with Crippen molar-refractivity contribution < 1.29 is 5.11 Å². The molecule has 94 valence electrons. The molecule has 0 aromatic heterocycles. The maximum Gasteiger partial charge on any atom is 0.0762 e. The van der Waals surface area contributed by atoms with Gasteiger partial charge in [-0.15, -0.1) is 0 Å². The van der Waals surface area contributed by atoms with Crippen LogP contribution in [0.25, 0.3) is 0 Å². The molecule has 1 nitrogen and oxygen atoms in total. The zero-order valence-electron chi connectivity index (χ0n) is 11.5. The molecule has 0 amide bonds. The summed E-state index contributed by atoms with van der Waals surface area (Å²) >= 11 is 0. The van der Waals surface area contributed by atoms with Crippen LogP contribution in [0.4, 0.5) is 0 Å². The maximum absolute atomic E-state index is 9.73. The first-order valence-electron chi connectivity index (χ1n) is 6.74. The first-order chi connectivity index (χ1) is 7.92. The Kier molecular flexibility index (Phi) is 3.31. The molecule has 0 saturated carbocycles. The lowest BCUT2D eigenvalue weighted by molar-refractivity contribution is 0.199. The third kappa shape index (κ3) is 2.40. The van der Waals surface area contributed by atoms with Crippen molar-refractivity contribution >= 4 is 0 Å². The molecule has 1 aliphatic rings. The van der Waals surface area contributed by atoms with Gasteiger partial charge in [-0.05, 0) is 47.8 Å². The lowest BCUT2D eigenvalue weighted by Gasteiger charge is -2.27. The van der Waals surface area contributed by atoms with E-state index >= 15 is 0 Å². The van der Waals surface area contributed by atoms with Crippen molar-refractivity contribution in [2.45, 2.75) is 64.4 Å². The van der Waals surface area contributed by atoms with Crippen LogP contribution < -0.4 is 0 Å². The highest BCUT2D eigenvalue weighted by molar-refractivity contribution is 5.40. The second kappa shape index (κ2) is 4.45. The summed E-state index contributed by atoms with van der Waals surface area (Å²) in [7, 11) is 0. The summed E-state index contributed by atoms with van der Waals surface area (Å²) in [6, 6.07) is 6.54. The average Bonchev–Trinajstić information content (AvgIpc) is 2.37. The second-order valence-corrected chi connectivity index (χ2v) is 6.20. The number of fused-ring (bicyclic) bond motifs is 1. The zero-order valence-corrected chi connectivity index (χ0v) is 11.5. The highest BCUT2D eigenvalue weighted by atomic mass is 16.3. The lowest BCUT2D eigenvalue weighted by atomic mass is 9.78. The minimum Gasteiger partial charge on any atom is -0.389 e. The molecule has 1 N–H and O–H groups in total. The normalized spacial score (nSPS) is 24.9. The van der Waals surface area contributed by atoms with E-state index in [-0.39, 0.29) is 11.5 Å². The quantitative estimate of drug-likeness (QED) is 0.715. The molecule has 0 aliphatic heterocycles. The number of aliphatic hydroxyl groups is 1. The second-order valence-electron chi connectivity index (χ2n) is 6.20. The van der Waals surface area contributed by atoms with Crippen LogP contribution in [0, 0.1) is 0 Å². The Balaban J connectivity index is 2.54. The topological polar surface area (TPSA) is 20.2 Å². The Morgan fingerprint density at radius 3 is 2.71 bits per heavy atom. The van der Waals surface area contributed by atoms with Gasteiger partial charge in [0.25, 0.3) is 0 Å². The van der Waals surface area contributed by atoms with E-state index in [0.29, 0.717) is 5.92 Å². The summed E-state index contributed by atoms with van der Waals surface area (Å²) in [5, 5.41) is 9.73. The minimum absolute atomic E-state index is 0.241. The van der Waals surface area contributed by atoms with Crippen LogP contribution in [0.15, 0.2) is 18.2 Å². The molecule has 0 bridgehead atoms. The van der Waals surface area contributed by atoms with E-state index in [4.69, 9.17) is 0 Å². The van der Waals surface area contributed by atoms with Crippen molar-refractivity contribution in [3.63, 3.8) is 0 Å². The summed E-state index contributed by atoms with van der Waals surface area (Å²) in [4.78, 5) is 0. The fourth-order valence-electron chi connectivity index (χ4n) is 2.99. The van der Waals surface area contributed by atoms with Crippen molar-refractivity contribution in [1.82, 2.24) is 0 Å². The van der Waals surface area contributed by atoms with Crippen molar-refractivity contribution in [3.05, 3.63) is 34.9 Å². The van der Waals surface area contributed by atoms with Gasteiger partial charge in [0.2, 0.25) is 0 Å². The van der Waals surface area contributed by atoms with Gasteiger partial charge in [-0.2, -0.15) is 0 Å². The fourth-order valence-corrected chi connectivity index (χ4v) is 2.99. The van der Waals surface area contributed by atoms with E-state index in [1.165, 1.54) is 30.4 Å². The summed E-state index contributed by atoms with van der Waals surface area (Å²) in [6.45, 7) is 8.82. The van der Waals surface area contributed by atoms with Gasteiger partial charge >= 0.3 is 0 Å². The maximum atomic E-state index is 9.73. The van der Waals surface area contributed by atoms with Crippen LogP contribution in [0.3, 0.4) is 0 Å². The molecule has 0 heterocycles. The molecular formula is C16H24O.